The summed E-state index contributed by atoms with van der Waals surface area (Å²) in [5, 5.41) is 0.654. The molecule has 7 nitrogen and oxygen atoms in total. The van der Waals surface area contributed by atoms with Crippen LogP contribution in [0.4, 0.5) is 0 Å². The van der Waals surface area contributed by atoms with Crippen molar-refractivity contribution in [1.82, 2.24) is 4.90 Å². The summed E-state index contributed by atoms with van der Waals surface area (Å²) >= 11 is 6.20. The zero-order chi connectivity index (χ0) is 28.3. The van der Waals surface area contributed by atoms with Gasteiger partial charge >= 0.3 is 5.97 Å². The maximum atomic E-state index is 14.6. The van der Waals surface area contributed by atoms with Crippen LogP contribution in [0, 0.1) is 0 Å². The number of amides is 1. The van der Waals surface area contributed by atoms with Gasteiger partial charge in [0, 0.05) is 11.6 Å². The fraction of sp³-hybridized carbons (Fsp3) is 0.375. The highest BCUT2D eigenvalue weighted by molar-refractivity contribution is 6.30. The van der Waals surface area contributed by atoms with E-state index in [1.54, 1.807) is 38.5 Å². The third kappa shape index (κ3) is 5.22. The number of fused-ring (bicyclic) bond motifs is 1. The standard InChI is InChI=1S/C32H34ClNO6/c1-37-28-18-22-14-17-34(31(36)32(15-4-5-16-32)23-8-10-24(33)11-9-23)27(26(22)19-29(28)38-2)20-40-25-12-6-21(7-13-25)30(35)39-3/h6-13,18-19,27H,4-5,14-17,20H2,1-3H3. The lowest BCUT2D eigenvalue weighted by Crippen LogP contribution is -2.50. The Balaban J connectivity index is 1.51. The van der Waals surface area contributed by atoms with Crippen LogP contribution < -0.4 is 14.2 Å². The number of hydrogen-bond donors (Lipinski definition) is 0. The van der Waals surface area contributed by atoms with Gasteiger partial charge in [0.15, 0.2) is 11.5 Å². The summed E-state index contributed by atoms with van der Waals surface area (Å²) < 4.78 is 22.3. The first-order chi connectivity index (χ1) is 19.4. The fourth-order valence-corrected chi connectivity index (χ4v) is 6.21. The molecule has 8 heteroatoms. The van der Waals surface area contributed by atoms with Crippen molar-refractivity contribution < 1.29 is 28.5 Å². The second-order valence-electron chi connectivity index (χ2n) is 10.3. The lowest BCUT2D eigenvalue weighted by Gasteiger charge is -2.42. The molecule has 1 heterocycles. The summed E-state index contributed by atoms with van der Waals surface area (Å²) in [4.78, 5) is 28.4. The molecule has 2 aliphatic rings. The maximum absolute atomic E-state index is 14.6. The minimum atomic E-state index is -0.598. The van der Waals surface area contributed by atoms with Gasteiger partial charge in [-0.05, 0) is 84.5 Å². The van der Waals surface area contributed by atoms with Crippen LogP contribution in [0.25, 0.3) is 0 Å². The Labute approximate surface area is 239 Å². The zero-order valence-corrected chi connectivity index (χ0v) is 23.8. The van der Waals surface area contributed by atoms with Crippen molar-refractivity contribution in [2.45, 2.75) is 43.6 Å². The van der Waals surface area contributed by atoms with Crippen molar-refractivity contribution in [3.8, 4) is 17.2 Å². The monoisotopic (exact) mass is 563 g/mol. The number of hydrogen-bond acceptors (Lipinski definition) is 6. The molecule has 0 aromatic heterocycles. The van der Waals surface area contributed by atoms with Crippen LogP contribution in [0.3, 0.4) is 0 Å². The number of ether oxygens (including phenoxy) is 4. The topological polar surface area (TPSA) is 74.3 Å². The number of benzene rings is 3. The molecule has 3 aromatic rings. The zero-order valence-electron chi connectivity index (χ0n) is 23.1. The second kappa shape index (κ2) is 11.8. The average Bonchev–Trinajstić information content (AvgIpc) is 3.50. The molecule has 1 unspecified atom stereocenters. The average molecular weight is 564 g/mol. The van der Waals surface area contributed by atoms with Crippen molar-refractivity contribution in [2.75, 3.05) is 34.5 Å². The molecular weight excluding hydrogens is 530 g/mol. The van der Waals surface area contributed by atoms with E-state index in [1.165, 1.54) is 7.11 Å². The number of carbonyl (C=O) groups excluding carboxylic acids is 2. The van der Waals surface area contributed by atoms with Crippen molar-refractivity contribution >= 4 is 23.5 Å². The van der Waals surface area contributed by atoms with E-state index in [9.17, 15) is 9.59 Å². The SMILES string of the molecule is COC(=O)c1ccc(OCC2c3cc(OC)c(OC)cc3CCN2C(=O)C2(c3ccc(Cl)cc3)CCCC2)cc1. The van der Waals surface area contributed by atoms with E-state index in [4.69, 9.17) is 30.5 Å². The summed E-state index contributed by atoms with van der Waals surface area (Å²) in [5.41, 5.74) is 2.93. The third-order valence-corrected chi connectivity index (χ3v) is 8.46. The Bertz CT molecular complexity index is 1370. The largest absolute Gasteiger partial charge is 0.493 e. The predicted octanol–water partition coefficient (Wildman–Crippen LogP) is 6.16. The molecule has 1 aliphatic heterocycles. The quantitative estimate of drug-likeness (QED) is 0.306. The number of carbonyl (C=O) groups is 2. The molecule has 1 fully saturated rings. The molecule has 0 N–H and O–H groups in total. The molecule has 3 aromatic carbocycles. The van der Waals surface area contributed by atoms with Crippen LogP contribution in [0.15, 0.2) is 60.7 Å². The highest BCUT2D eigenvalue weighted by Crippen LogP contribution is 2.46. The van der Waals surface area contributed by atoms with Crippen LogP contribution in [0.1, 0.15) is 58.8 Å². The summed E-state index contributed by atoms with van der Waals surface area (Å²) in [6.07, 6.45) is 4.29. The van der Waals surface area contributed by atoms with Crippen LogP contribution >= 0.6 is 11.6 Å². The van der Waals surface area contributed by atoms with Gasteiger partial charge in [-0.25, -0.2) is 4.79 Å². The molecule has 0 saturated heterocycles. The van der Waals surface area contributed by atoms with Crippen molar-refractivity contribution in [2.24, 2.45) is 0 Å². The first-order valence-corrected chi connectivity index (χ1v) is 13.9. The molecule has 5 rings (SSSR count). The van der Waals surface area contributed by atoms with Crippen LogP contribution in [0.5, 0.6) is 17.2 Å². The molecule has 0 bridgehead atoms. The van der Waals surface area contributed by atoms with Crippen molar-refractivity contribution in [3.63, 3.8) is 0 Å². The molecule has 1 saturated carbocycles. The Morgan fingerprint density at radius 1 is 0.925 bits per heavy atom. The lowest BCUT2D eigenvalue weighted by molar-refractivity contribution is -0.141. The molecule has 0 radical (unpaired) electrons. The smallest absolute Gasteiger partial charge is 0.337 e. The minimum Gasteiger partial charge on any atom is -0.493 e. The summed E-state index contributed by atoms with van der Waals surface area (Å²) in [6, 6.07) is 18.1. The first kappa shape index (κ1) is 27.8. The van der Waals surface area contributed by atoms with E-state index in [1.807, 2.05) is 41.3 Å². The first-order valence-electron chi connectivity index (χ1n) is 13.5. The number of rotatable bonds is 8. The van der Waals surface area contributed by atoms with E-state index >= 15 is 0 Å². The van der Waals surface area contributed by atoms with Gasteiger partial charge in [-0.2, -0.15) is 0 Å². The molecular formula is C32H34ClNO6. The number of methoxy groups -OCH3 is 3. The van der Waals surface area contributed by atoms with Gasteiger partial charge < -0.3 is 23.8 Å². The number of nitrogens with zero attached hydrogens (tertiary/aromatic N) is 1. The van der Waals surface area contributed by atoms with Crippen LogP contribution in [0.2, 0.25) is 5.02 Å². The molecule has 1 atom stereocenters. The highest BCUT2D eigenvalue weighted by atomic mass is 35.5. The predicted molar refractivity (Wildman–Crippen MR) is 153 cm³/mol. The van der Waals surface area contributed by atoms with E-state index in [-0.39, 0.29) is 18.6 Å². The van der Waals surface area contributed by atoms with Gasteiger partial charge in [0.2, 0.25) is 5.91 Å². The number of esters is 1. The lowest BCUT2D eigenvalue weighted by atomic mass is 9.76. The summed E-state index contributed by atoms with van der Waals surface area (Å²) in [6.45, 7) is 0.800. The summed E-state index contributed by atoms with van der Waals surface area (Å²) in [5.74, 6) is 1.57. The molecule has 1 amide bonds. The normalized spacial score (nSPS) is 17.6. The molecule has 0 spiro atoms. The molecule has 40 heavy (non-hydrogen) atoms. The molecule has 1 aliphatic carbocycles. The van der Waals surface area contributed by atoms with Gasteiger partial charge in [0.05, 0.1) is 38.3 Å². The minimum absolute atomic E-state index is 0.113. The van der Waals surface area contributed by atoms with Gasteiger partial charge in [-0.3, -0.25) is 4.79 Å². The van der Waals surface area contributed by atoms with Gasteiger partial charge in [-0.15, -0.1) is 0 Å². The van der Waals surface area contributed by atoms with E-state index in [0.717, 1.165) is 42.4 Å². The van der Waals surface area contributed by atoms with Crippen molar-refractivity contribution in [1.29, 1.82) is 0 Å². The van der Waals surface area contributed by atoms with Crippen molar-refractivity contribution in [3.05, 3.63) is 87.9 Å². The van der Waals surface area contributed by atoms with Gasteiger partial charge in [-0.1, -0.05) is 36.6 Å². The number of halogens is 1. The fourth-order valence-electron chi connectivity index (χ4n) is 6.08. The Hall–Kier alpha value is -3.71. The summed E-state index contributed by atoms with van der Waals surface area (Å²) in [7, 11) is 4.58. The highest BCUT2D eigenvalue weighted by Gasteiger charge is 2.47. The van der Waals surface area contributed by atoms with Crippen LogP contribution in [-0.4, -0.2) is 51.3 Å². The Kier molecular flexibility index (Phi) is 8.22. The Morgan fingerprint density at radius 3 is 2.20 bits per heavy atom. The molecule has 210 valence electrons. The van der Waals surface area contributed by atoms with E-state index < -0.39 is 11.4 Å². The van der Waals surface area contributed by atoms with Gasteiger partial charge in [0.1, 0.15) is 12.4 Å². The van der Waals surface area contributed by atoms with Crippen LogP contribution in [-0.2, 0) is 21.4 Å². The Morgan fingerprint density at radius 2 is 1.57 bits per heavy atom. The third-order valence-electron chi connectivity index (χ3n) is 8.21. The van der Waals surface area contributed by atoms with E-state index in [0.29, 0.717) is 40.8 Å². The van der Waals surface area contributed by atoms with E-state index in [2.05, 4.69) is 0 Å². The van der Waals surface area contributed by atoms with Gasteiger partial charge in [0.25, 0.3) is 0 Å². The maximum Gasteiger partial charge on any atom is 0.337 e. The second-order valence-corrected chi connectivity index (χ2v) is 10.7.